The van der Waals surface area contributed by atoms with Gasteiger partial charge in [0.25, 0.3) is 10.0 Å². The van der Waals surface area contributed by atoms with Crippen LogP contribution in [-0.2, 0) is 26.1 Å². The van der Waals surface area contributed by atoms with Gasteiger partial charge in [0.1, 0.15) is 11.4 Å². The highest BCUT2D eigenvalue weighted by molar-refractivity contribution is 7.90. The summed E-state index contributed by atoms with van der Waals surface area (Å²) in [5.74, 6) is -0.0169. The van der Waals surface area contributed by atoms with Crippen LogP contribution in [0.4, 0.5) is 10.5 Å². The number of fused-ring (bicyclic) bond motifs is 1. The van der Waals surface area contributed by atoms with E-state index in [2.05, 4.69) is 15.0 Å². The van der Waals surface area contributed by atoms with Crippen LogP contribution in [0.25, 0.3) is 0 Å². The lowest BCUT2D eigenvalue weighted by molar-refractivity contribution is -0.116. The number of benzene rings is 2. The van der Waals surface area contributed by atoms with Gasteiger partial charge >= 0.3 is 6.09 Å². The summed E-state index contributed by atoms with van der Waals surface area (Å²) in [7, 11) is -1.96. The van der Waals surface area contributed by atoms with Crippen LogP contribution in [0.15, 0.2) is 58.4 Å². The Morgan fingerprint density at radius 2 is 1.85 bits per heavy atom. The number of amides is 2. The molecule has 176 valence electrons. The summed E-state index contributed by atoms with van der Waals surface area (Å²) in [6.07, 6.45) is -0.352. The van der Waals surface area contributed by atoms with E-state index in [4.69, 9.17) is 4.74 Å². The number of rotatable bonds is 6. The van der Waals surface area contributed by atoms with Crippen LogP contribution in [0.1, 0.15) is 38.3 Å². The average molecular weight is 473 g/mol. The summed E-state index contributed by atoms with van der Waals surface area (Å²) in [6, 6.07) is 13.7. The third kappa shape index (κ3) is 6.55. The molecule has 3 rings (SSSR count). The van der Waals surface area contributed by atoms with E-state index < -0.39 is 21.7 Å². The molecule has 0 spiro atoms. The van der Waals surface area contributed by atoms with E-state index in [9.17, 15) is 18.0 Å². The Morgan fingerprint density at radius 1 is 1.12 bits per heavy atom. The Hall–Kier alpha value is -3.40. The Bertz CT molecular complexity index is 1190. The topological polar surface area (TPSA) is 117 Å². The van der Waals surface area contributed by atoms with Crippen molar-refractivity contribution < 1.29 is 22.7 Å². The zero-order chi connectivity index (χ0) is 24.2. The zero-order valence-corrected chi connectivity index (χ0v) is 19.9. The van der Waals surface area contributed by atoms with Crippen molar-refractivity contribution in [3.05, 3.63) is 59.7 Å². The monoisotopic (exact) mass is 472 g/mol. The van der Waals surface area contributed by atoms with E-state index in [1.54, 1.807) is 64.2 Å². The number of amidine groups is 1. The van der Waals surface area contributed by atoms with Crippen LogP contribution in [-0.4, -0.2) is 50.3 Å². The summed E-state index contributed by atoms with van der Waals surface area (Å²) in [5, 5.41) is 2.80. The van der Waals surface area contributed by atoms with E-state index in [1.807, 2.05) is 6.07 Å². The number of carbonyl (C=O) groups is 2. The van der Waals surface area contributed by atoms with E-state index in [0.717, 1.165) is 5.56 Å². The number of nitrogens with zero attached hydrogens (tertiary/aromatic N) is 2. The van der Waals surface area contributed by atoms with Crippen molar-refractivity contribution in [1.82, 2.24) is 9.62 Å². The highest BCUT2D eigenvalue weighted by Crippen LogP contribution is 2.22. The van der Waals surface area contributed by atoms with Crippen molar-refractivity contribution in [2.45, 2.75) is 44.2 Å². The van der Waals surface area contributed by atoms with Crippen LogP contribution in [0.3, 0.4) is 0 Å². The SMILES string of the molecule is CN(Cc1cccc(NC(=O)CCN=C2NS(=O)(=O)c3ccccc32)c1)C(=O)OC(C)(C)C. The van der Waals surface area contributed by atoms with Gasteiger partial charge in [-0.1, -0.05) is 24.3 Å². The molecule has 1 heterocycles. The molecule has 0 saturated carbocycles. The molecule has 0 aromatic heterocycles. The normalized spacial score (nSPS) is 15.5. The molecule has 9 nitrogen and oxygen atoms in total. The van der Waals surface area contributed by atoms with Crippen LogP contribution in [0.2, 0.25) is 0 Å². The number of nitrogens with one attached hydrogen (secondary N) is 2. The first-order valence-corrected chi connectivity index (χ1v) is 11.9. The van der Waals surface area contributed by atoms with E-state index in [1.165, 1.54) is 11.0 Å². The van der Waals surface area contributed by atoms with Crippen molar-refractivity contribution in [2.75, 3.05) is 18.9 Å². The van der Waals surface area contributed by atoms with Crippen LogP contribution >= 0.6 is 0 Å². The molecule has 0 atom stereocenters. The zero-order valence-electron chi connectivity index (χ0n) is 19.1. The number of aliphatic imine (C=N–C) groups is 1. The average Bonchev–Trinajstić information content (AvgIpc) is 2.97. The van der Waals surface area contributed by atoms with Crippen molar-refractivity contribution in [1.29, 1.82) is 0 Å². The first-order chi connectivity index (χ1) is 15.4. The maximum Gasteiger partial charge on any atom is 0.410 e. The fraction of sp³-hybridized carbons (Fsp3) is 0.348. The van der Waals surface area contributed by atoms with Gasteiger partial charge in [-0.25, -0.2) is 13.2 Å². The number of sulfonamides is 1. The highest BCUT2D eigenvalue weighted by Gasteiger charge is 2.30. The van der Waals surface area contributed by atoms with Crippen molar-refractivity contribution in [2.24, 2.45) is 4.99 Å². The predicted octanol–water partition coefficient (Wildman–Crippen LogP) is 3.12. The van der Waals surface area contributed by atoms with Crippen LogP contribution < -0.4 is 10.0 Å². The Labute approximate surface area is 193 Å². The molecule has 2 aromatic carbocycles. The standard InChI is InChI=1S/C23H28N4O5S/c1-23(2,3)32-22(29)27(4)15-16-8-7-9-17(14-16)25-20(28)12-13-24-21-18-10-5-6-11-19(18)33(30,31)26-21/h5-11,14H,12-13,15H2,1-4H3,(H,24,26)(H,25,28). The molecule has 0 bridgehead atoms. The van der Waals surface area contributed by atoms with Crippen LogP contribution in [0, 0.1) is 0 Å². The molecule has 0 unspecified atom stereocenters. The second-order valence-corrected chi connectivity index (χ2v) is 10.3. The fourth-order valence-corrected chi connectivity index (χ4v) is 4.42. The second kappa shape index (κ2) is 9.62. The molecule has 2 N–H and O–H groups in total. The number of hydrogen-bond donors (Lipinski definition) is 2. The Balaban J connectivity index is 1.55. The van der Waals surface area contributed by atoms with Gasteiger partial charge in [0, 0.05) is 31.3 Å². The third-order valence-corrected chi connectivity index (χ3v) is 6.00. The second-order valence-electron chi connectivity index (χ2n) is 8.67. The van der Waals surface area contributed by atoms with E-state index in [0.29, 0.717) is 17.8 Å². The summed E-state index contributed by atoms with van der Waals surface area (Å²) < 4.78 is 32.0. The number of hydrogen-bond acceptors (Lipinski definition) is 6. The fourth-order valence-electron chi connectivity index (χ4n) is 3.17. The molecule has 33 heavy (non-hydrogen) atoms. The lowest BCUT2D eigenvalue weighted by Crippen LogP contribution is -2.33. The molecule has 0 radical (unpaired) electrons. The summed E-state index contributed by atoms with van der Waals surface area (Å²) in [6.45, 7) is 5.87. The molecular formula is C23H28N4O5S. The predicted molar refractivity (Wildman–Crippen MR) is 126 cm³/mol. The van der Waals surface area contributed by atoms with Gasteiger partial charge in [-0.05, 0) is 50.6 Å². The molecule has 2 amide bonds. The minimum absolute atomic E-state index is 0.0788. The molecular weight excluding hydrogens is 444 g/mol. The quantitative estimate of drug-likeness (QED) is 0.670. The summed E-state index contributed by atoms with van der Waals surface area (Å²) >= 11 is 0. The van der Waals surface area contributed by atoms with Crippen LogP contribution in [0.5, 0.6) is 0 Å². The van der Waals surface area contributed by atoms with Gasteiger partial charge in [-0.15, -0.1) is 0 Å². The van der Waals surface area contributed by atoms with Crippen molar-refractivity contribution in [3.63, 3.8) is 0 Å². The number of anilines is 1. The lowest BCUT2D eigenvalue weighted by Gasteiger charge is -2.24. The maximum absolute atomic E-state index is 12.4. The molecule has 1 aliphatic rings. The summed E-state index contributed by atoms with van der Waals surface area (Å²) in [4.78, 5) is 30.4. The van der Waals surface area contributed by atoms with Gasteiger partial charge < -0.3 is 15.0 Å². The number of ether oxygens (including phenoxy) is 1. The minimum atomic E-state index is -3.60. The maximum atomic E-state index is 12.4. The van der Waals surface area contributed by atoms with Gasteiger partial charge in [-0.3, -0.25) is 14.5 Å². The largest absolute Gasteiger partial charge is 0.444 e. The van der Waals surface area contributed by atoms with Gasteiger partial charge in [0.15, 0.2) is 0 Å². The molecule has 0 saturated heterocycles. The first kappa shape index (κ1) is 24.2. The van der Waals surface area contributed by atoms with Gasteiger partial charge in [0.2, 0.25) is 5.91 Å². The van der Waals surface area contributed by atoms with E-state index >= 15 is 0 Å². The Morgan fingerprint density at radius 3 is 2.58 bits per heavy atom. The molecule has 10 heteroatoms. The molecule has 1 aliphatic heterocycles. The van der Waals surface area contributed by atoms with Gasteiger partial charge in [0.05, 0.1) is 11.4 Å². The highest BCUT2D eigenvalue weighted by atomic mass is 32.2. The molecule has 0 fully saturated rings. The smallest absolute Gasteiger partial charge is 0.410 e. The third-order valence-electron chi connectivity index (χ3n) is 4.61. The van der Waals surface area contributed by atoms with Crippen molar-refractivity contribution >= 4 is 33.5 Å². The molecule has 0 aliphatic carbocycles. The van der Waals surface area contributed by atoms with E-state index in [-0.39, 0.29) is 29.6 Å². The number of carbonyl (C=O) groups excluding carboxylic acids is 2. The Kier molecular flexibility index (Phi) is 7.06. The van der Waals surface area contributed by atoms with Gasteiger partial charge in [-0.2, -0.15) is 0 Å². The lowest BCUT2D eigenvalue weighted by atomic mass is 10.2. The minimum Gasteiger partial charge on any atom is -0.444 e. The van der Waals surface area contributed by atoms with Crippen molar-refractivity contribution in [3.8, 4) is 0 Å². The first-order valence-electron chi connectivity index (χ1n) is 10.4. The molecule has 2 aromatic rings. The summed E-state index contributed by atoms with van der Waals surface area (Å²) in [5.41, 5.74) is 1.35.